The van der Waals surface area contributed by atoms with Crippen molar-refractivity contribution in [3.8, 4) is 0 Å². The molecular formula is C31H32N2O4. The van der Waals surface area contributed by atoms with Gasteiger partial charge in [-0.1, -0.05) is 67.5 Å². The lowest BCUT2D eigenvalue weighted by Gasteiger charge is -2.30. The number of hydrogen-bond acceptors (Lipinski definition) is 6. The number of para-hydroxylation sites is 1. The zero-order valence-corrected chi connectivity index (χ0v) is 21.6. The molecule has 1 N–H and O–H groups in total. The number of aliphatic hydroxyl groups excluding tert-OH is 1. The molecule has 2 aromatic carbocycles. The van der Waals surface area contributed by atoms with Gasteiger partial charge in [0.15, 0.2) is 11.6 Å². The highest BCUT2D eigenvalue weighted by atomic mass is 16.5. The zero-order valence-electron chi connectivity index (χ0n) is 21.6. The van der Waals surface area contributed by atoms with Crippen LogP contribution in [-0.2, 0) is 17.6 Å². The van der Waals surface area contributed by atoms with Crippen molar-refractivity contribution in [2.45, 2.75) is 65.2 Å². The molecule has 2 aliphatic rings. The summed E-state index contributed by atoms with van der Waals surface area (Å²) in [5, 5.41) is 15.2. The summed E-state index contributed by atoms with van der Waals surface area (Å²) in [5.74, 6) is 0.699. The number of carbonyl (C=O) groups excluding carboxylic acids is 2. The van der Waals surface area contributed by atoms with Crippen molar-refractivity contribution in [3.05, 3.63) is 94.1 Å². The summed E-state index contributed by atoms with van der Waals surface area (Å²) in [7, 11) is 0. The van der Waals surface area contributed by atoms with Crippen molar-refractivity contribution in [1.82, 2.24) is 5.16 Å². The summed E-state index contributed by atoms with van der Waals surface area (Å²) in [6, 6.07) is 17.7. The van der Waals surface area contributed by atoms with Crippen LogP contribution in [0.2, 0.25) is 0 Å². The number of aryl methyl sites for hydroxylation is 2. The van der Waals surface area contributed by atoms with Crippen molar-refractivity contribution in [1.29, 1.82) is 0 Å². The number of aromatic nitrogens is 1. The molecule has 0 radical (unpaired) electrons. The van der Waals surface area contributed by atoms with Crippen LogP contribution >= 0.6 is 0 Å². The average molecular weight is 497 g/mol. The second kappa shape index (κ2) is 9.92. The third kappa shape index (κ3) is 5.19. The Balaban J connectivity index is 1.45. The van der Waals surface area contributed by atoms with E-state index in [-0.39, 0.29) is 28.7 Å². The second-order valence-corrected chi connectivity index (χ2v) is 11.0. The van der Waals surface area contributed by atoms with Crippen molar-refractivity contribution in [2.24, 2.45) is 10.4 Å². The molecule has 0 spiro atoms. The number of aliphatic hydroxyl groups is 1. The molecule has 5 rings (SSSR count). The van der Waals surface area contributed by atoms with E-state index >= 15 is 0 Å². The lowest BCUT2D eigenvalue weighted by Crippen LogP contribution is -2.29. The summed E-state index contributed by atoms with van der Waals surface area (Å²) in [5.41, 5.74) is 4.53. The summed E-state index contributed by atoms with van der Waals surface area (Å²) in [4.78, 5) is 31.2. The molecule has 1 aromatic heterocycles. The van der Waals surface area contributed by atoms with E-state index in [0.717, 1.165) is 16.8 Å². The van der Waals surface area contributed by atoms with Crippen LogP contribution in [0.4, 0.5) is 5.69 Å². The van der Waals surface area contributed by atoms with Crippen LogP contribution < -0.4 is 0 Å². The van der Waals surface area contributed by atoms with Crippen LogP contribution in [0.15, 0.2) is 75.4 Å². The van der Waals surface area contributed by atoms with Crippen molar-refractivity contribution in [3.63, 3.8) is 0 Å². The topological polar surface area (TPSA) is 92.8 Å². The van der Waals surface area contributed by atoms with Crippen LogP contribution in [0.5, 0.6) is 0 Å². The van der Waals surface area contributed by atoms with E-state index in [2.05, 4.69) is 5.16 Å². The summed E-state index contributed by atoms with van der Waals surface area (Å²) in [6.07, 6.45) is 2.54. The molecule has 2 aliphatic carbocycles. The van der Waals surface area contributed by atoms with Gasteiger partial charge in [-0.3, -0.25) is 14.6 Å². The van der Waals surface area contributed by atoms with Gasteiger partial charge in [-0.15, -0.1) is 0 Å². The Kier molecular flexibility index (Phi) is 6.67. The minimum absolute atomic E-state index is 0.0290. The molecule has 0 bridgehead atoms. The number of carbonyl (C=O) groups is 2. The molecule has 3 aromatic rings. The first-order valence-electron chi connectivity index (χ1n) is 12.9. The molecule has 1 heterocycles. The fourth-order valence-corrected chi connectivity index (χ4v) is 5.50. The maximum absolute atomic E-state index is 13.2. The highest BCUT2D eigenvalue weighted by molar-refractivity contribution is 6.24. The van der Waals surface area contributed by atoms with Gasteiger partial charge in [0, 0.05) is 25.7 Å². The largest absolute Gasteiger partial charge is 0.511 e. The Bertz CT molecular complexity index is 1410. The third-order valence-corrected chi connectivity index (χ3v) is 7.36. The maximum Gasteiger partial charge on any atom is 0.168 e. The van der Waals surface area contributed by atoms with E-state index in [1.165, 1.54) is 0 Å². The molecule has 190 valence electrons. The molecule has 1 unspecified atom stereocenters. The van der Waals surface area contributed by atoms with Gasteiger partial charge in [0.25, 0.3) is 0 Å². The van der Waals surface area contributed by atoms with Crippen molar-refractivity contribution in [2.75, 3.05) is 0 Å². The SMILES string of the molecule is Cc1ccccc1N=C(CCc1noc2c1C(=O)CC(c1ccccc1)C2)C1=C(O)CC(C)(C)CC1=O. The lowest BCUT2D eigenvalue weighted by atomic mass is 9.75. The van der Waals surface area contributed by atoms with E-state index in [4.69, 9.17) is 9.52 Å². The highest BCUT2D eigenvalue weighted by Crippen LogP contribution is 2.38. The Morgan fingerprint density at radius 1 is 1.03 bits per heavy atom. The number of fused-ring (bicyclic) bond motifs is 1. The van der Waals surface area contributed by atoms with Gasteiger partial charge in [0.2, 0.25) is 0 Å². The lowest BCUT2D eigenvalue weighted by molar-refractivity contribution is -0.117. The Labute approximate surface area is 217 Å². The number of benzene rings is 2. The third-order valence-electron chi connectivity index (χ3n) is 7.36. The fourth-order valence-electron chi connectivity index (χ4n) is 5.50. The summed E-state index contributed by atoms with van der Waals surface area (Å²) in [6.45, 7) is 5.92. The monoisotopic (exact) mass is 496 g/mol. The number of allylic oxidation sites excluding steroid dienone is 2. The summed E-state index contributed by atoms with van der Waals surface area (Å²) < 4.78 is 5.65. The smallest absolute Gasteiger partial charge is 0.168 e. The number of aliphatic imine (C=N–C) groups is 1. The molecule has 6 heteroatoms. The Morgan fingerprint density at radius 2 is 1.76 bits per heavy atom. The van der Waals surface area contributed by atoms with Gasteiger partial charge in [0.05, 0.1) is 28.2 Å². The molecule has 0 saturated carbocycles. The number of hydrogen-bond donors (Lipinski definition) is 1. The van der Waals surface area contributed by atoms with Gasteiger partial charge in [-0.25, -0.2) is 0 Å². The standard InChI is InChI=1S/C31H32N2O4/c1-19-9-7-8-12-22(19)32-23(29-26(35)17-31(2,3)18-27(29)36)13-14-24-30-25(34)15-21(16-28(30)37-33-24)20-10-5-4-6-11-20/h4-12,21,35H,13-18H2,1-3H3. The van der Waals surface area contributed by atoms with Crippen LogP contribution in [0.1, 0.15) is 78.4 Å². The number of Topliss-reactive ketones (excluding diaryl/α,β-unsaturated/α-hetero) is 2. The number of ketones is 2. The van der Waals surface area contributed by atoms with Crippen molar-refractivity contribution >= 4 is 23.0 Å². The molecule has 0 amide bonds. The number of rotatable bonds is 6. The number of nitrogens with zero attached hydrogens (tertiary/aromatic N) is 2. The van der Waals surface area contributed by atoms with Crippen LogP contribution in [-0.4, -0.2) is 27.5 Å². The first kappa shape index (κ1) is 24.9. The molecule has 1 atom stereocenters. The second-order valence-electron chi connectivity index (χ2n) is 11.0. The molecule has 0 fully saturated rings. The van der Waals surface area contributed by atoms with Gasteiger partial charge >= 0.3 is 0 Å². The van der Waals surface area contributed by atoms with Crippen molar-refractivity contribution < 1.29 is 19.2 Å². The fraction of sp³-hybridized carbons (Fsp3) is 0.355. The van der Waals surface area contributed by atoms with Crippen LogP contribution in [0.25, 0.3) is 0 Å². The molecule has 0 aliphatic heterocycles. The molecule has 0 saturated heterocycles. The zero-order chi connectivity index (χ0) is 26.2. The van der Waals surface area contributed by atoms with Crippen LogP contribution in [0, 0.1) is 12.3 Å². The quantitative estimate of drug-likeness (QED) is 0.379. The first-order valence-corrected chi connectivity index (χ1v) is 12.9. The average Bonchev–Trinajstić information content (AvgIpc) is 3.26. The molecule has 6 nitrogen and oxygen atoms in total. The van der Waals surface area contributed by atoms with Crippen LogP contribution in [0.3, 0.4) is 0 Å². The molecule has 37 heavy (non-hydrogen) atoms. The van der Waals surface area contributed by atoms with E-state index < -0.39 is 0 Å². The van der Waals surface area contributed by atoms with E-state index in [1.807, 2.05) is 75.4 Å². The summed E-state index contributed by atoms with van der Waals surface area (Å²) >= 11 is 0. The van der Waals surface area contributed by atoms with Gasteiger partial charge in [-0.2, -0.15) is 0 Å². The van der Waals surface area contributed by atoms with Gasteiger partial charge in [-0.05, 0) is 48.3 Å². The molecular weight excluding hydrogens is 464 g/mol. The first-order chi connectivity index (χ1) is 17.7. The van der Waals surface area contributed by atoms with E-state index in [0.29, 0.717) is 66.8 Å². The normalized spacial score (nSPS) is 19.8. The maximum atomic E-state index is 13.2. The van der Waals surface area contributed by atoms with Gasteiger partial charge < -0.3 is 9.63 Å². The Morgan fingerprint density at radius 3 is 2.49 bits per heavy atom. The minimum Gasteiger partial charge on any atom is -0.511 e. The van der Waals surface area contributed by atoms with E-state index in [1.54, 1.807) is 0 Å². The Hall–Kier alpha value is -3.80. The van der Waals surface area contributed by atoms with Gasteiger partial charge in [0.1, 0.15) is 11.5 Å². The predicted octanol–water partition coefficient (Wildman–Crippen LogP) is 6.80. The highest BCUT2D eigenvalue weighted by Gasteiger charge is 2.36. The van der Waals surface area contributed by atoms with E-state index in [9.17, 15) is 14.7 Å². The minimum atomic E-state index is -0.300. The predicted molar refractivity (Wildman–Crippen MR) is 143 cm³/mol.